The Bertz CT molecular complexity index is 750. The lowest BCUT2D eigenvalue weighted by molar-refractivity contribution is -0.111. The van der Waals surface area contributed by atoms with Crippen LogP contribution in [0.2, 0.25) is 0 Å². The van der Waals surface area contributed by atoms with Gasteiger partial charge >= 0.3 is 0 Å². The molecule has 0 aliphatic rings. The van der Waals surface area contributed by atoms with Gasteiger partial charge in [-0.1, -0.05) is 29.8 Å². The largest absolute Gasteiger partial charge is 0.493 e. The molecule has 0 heterocycles. The highest BCUT2D eigenvalue weighted by atomic mass is 79.9. The molecule has 2 aromatic rings. The average Bonchev–Trinajstić information content (AvgIpc) is 2.59. The third-order valence-electron chi connectivity index (χ3n) is 3.22. The highest BCUT2D eigenvalue weighted by molar-refractivity contribution is 9.10. The Balaban J connectivity index is 1.88. The Labute approximate surface area is 156 Å². The summed E-state index contributed by atoms with van der Waals surface area (Å²) < 4.78 is 6.48. The van der Waals surface area contributed by atoms with E-state index in [0.717, 1.165) is 10.2 Å². The van der Waals surface area contributed by atoms with Crippen LogP contribution in [-0.2, 0) is 4.79 Å². The standard InChI is InChI=1S/C20H20BrNO3/c1-14(2)13-25-18-9-7-17(8-10-18)22-20(24)12-11-19(23)15-3-5-16(21)6-4-15/h3-12,14H,13H2,1-2H3,(H,22,24)/b12-11+. The molecule has 2 aromatic carbocycles. The van der Waals surface area contributed by atoms with Gasteiger partial charge in [0.05, 0.1) is 6.61 Å². The SMILES string of the molecule is CC(C)COc1ccc(NC(=O)/C=C/C(=O)c2ccc(Br)cc2)cc1. The lowest BCUT2D eigenvalue weighted by Crippen LogP contribution is -2.09. The van der Waals surface area contributed by atoms with Gasteiger partial charge in [0.1, 0.15) is 5.75 Å². The third-order valence-corrected chi connectivity index (χ3v) is 3.75. The molecular weight excluding hydrogens is 382 g/mol. The number of amides is 1. The molecule has 0 bridgehead atoms. The Morgan fingerprint density at radius 1 is 1.04 bits per heavy atom. The molecule has 4 nitrogen and oxygen atoms in total. The number of rotatable bonds is 7. The minimum absolute atomic E-state index is 0.222. The molecule has 0 radical (unpaired) electrons. The summed E-state index contributed by atoms with van der Waals surface area (Å²) >= 11 is 3.31. The molecule has 1 N–H and O–H groups in total. The smallest absolute Gasteiger partial charge is 0.248 e. The van der Waals surface area contributed by atoms with E-state index < -0.39 is 0 Å². The maximum Gasteiger partial charge on any atom is 0.248 e. The number of nitrogens with one attached hydrogen (secondary N) is 1. The van der Waals surface area contributed by atoms with Crippen molar-refractivity contribution in [3.8, 4) is 5.75 Å². The van der Waals surface area contributed by atoms with Gasteiger partial charge in [0.2, 0.25) is 5.91 Å². The Kier molecular flexibility index (Phi) is 6.95. The number of hydrogen-bond donors (Lipinski definition) is 1. The predicted molar refractivity (Wildman–Crippen MR) is 103 cm³/mol. The maximum absolute atomic E-state index is 12.0. The van der Waals surface area contributed by atoms with Gasteiger partial charge in [-0.05, 0) is 60.5 Å². The van der Waals surface area contributed by atoms with Gasteiger partial charge in [-0.15, -0.1) is 0 Å². The van der Waals surface area contributed by atoms with Crippen molar-refractivity contribution in [1.82, 2.24) is 0 Å². The summed E-state index contributed by atoms with van der Waals surface area (Å²) in [5, 5.41) is 2.71. The molecule has 0 aromatic heterocycles. The second-order valence-corrected chi connectivity index (χ2v) is 6.84. The first-order valence-corrected chi connectivity index (χ1v) is 8.75. The minimum Gasteiger partial charge on any atom is -0.493 e. The van der Waals surface area contributed by atoms with E-state index in [9.17, 15) is 9.59 Å². The summed E-state index contributed by atoms with van der Waals surface area (Å²) in [7, 11) is 0. The summed E-state index contributed by atoms with van der Waals surface area (Å²) in [6.45, 7) is 4.81. The first kappa shape index (κ1) is 18.9. The summed E-state index contributed by atoms with van der Waals surface area (Å²) in [6, 6.07) is 14.1. The lowest BCUT2D eigenvalue weighted by Gasteiger charge is -2.09. The molecule has 0 aliphatic heterocycles. The highest BCUT2D eigenvalue weighted by Gasteiger charge is 2.04. The van der Waals surface area contributed by atoms with Crippen molar-refractivity contribution in [3.05, 3.63) is 70.7 Å². The van der Waals surface area contributed by atoms with Crippen molar-refractivity contribution in [2.45, 2.75) is 13.8 Å². The second-order valence-electron chi connectivity index (χ2n) is 5.92. The Morgan fingerprint density at radius 2 is 1.68 bits per heavy atom. The number of carbonyl (C=O) groups excluding carboxylic acids is 2. The van der Waals surface area contributed by atoms with E-state index in [1.165, 1.54) is 12.2 Å². The number of hydrogen-bond acceptors (Lipinski definition) is 3. The molecule has 0 saturated carbocycles. The van der Waals surface area contributed by atoms with Crippen LogP contribution in [0.15, 0.2) is 65.2 Å². The molecule has 2 rings (SSSR count). The van der Waals surface area contributed by atoms with E-state index in [2.05, 4.69) is 35.1 Å². The average molecular weight is 402 g/mol. The van der Waals surface area contributed by atoms with E-state index in [4.69, 9.17) is 4.74 Å². The first-order chi connectivity index (χ1) is 11.9. The molecule has 0 aliphatic carbocycles. The number of benzene rings is 2. The number of halogens is 1. The highest BCUT2D eigenvalue weighted by Crippen LogP contribution is 2.16. The second kappa shape index (κ2) is 9.18. The first-order valence-electron chi connectivity index (χ1n) is 7.96. The quantitative estimate of drug-likeness (QED) is 0.532. The van der Waals surface area contributed by atoms with Gasteiger partial charge in [0.25, 0.3) is 0 Å². The van der Waals surface area contributed by atoms with E-state index in [1.54, 1.807) is 48.5 Å². The summed E-state index contributed by atoms with van der Waals surface area (Å²) in [6.07, 6.45) is 2.49. The topological polar surface area (TPSA) is 55.4 Å². The summed E-state index contributed by atoms with van der Waals surface area (Å²) in [5.41, 5.74) is 1.17. The zero-order valence-corrected chi connectivity index (χ0v) is 15.7. The monoisotopic (exact) mass is 401 g/mol. The zero-order valence-electron chi connectivity index (χ0n) is 14.2. The van der Waals surface area contributed by atoms with Crippen LogP contribution in [0.1, 0.15) is 24.2 Å². The van der Waals surface area contributed by atoms with Gasteiger partial charge < -0.3 is 10.1 Å². The van der Waals surface area contributed by atoms with Gasteiger partial charge in [-0.2, -0.15) is 0 Å². The predicted octanol–water partition coefficient (Wildman–Crippen LogP) is 4.86. The van der Waals surface area contributed by atoms with E-state index in [1.807, 2.05) is 0 Å². The van der Waals surface area contributed by atoms with Gasteiger partial charge in [-0.3, -0.25) is 9.59 Å². The molecule has 0 atom stereocenters. The zero-order chi connectivity index (χ0) is 18.2. The van der Waals surface area contributed by atoms with Crippen LogP contribution in [0.5, 0.6) is 5.75 Å². The number of ether oxygens (including phenoxy) is 1. The number of ketones is 1. The van der Waals surface area contributed by atoms with Crippen molar-refractivity contribution in [3.63, 3.8) is 0 Å². The van der Waals surface area contributed by atoms with Crippen LogP contribution in [0.25, 0.3) is 0 Å². The molecule has 130 valence electrons. The molecule has 5 heteroatoms. The molecule has 1 amide bonds. The van der Waals surface area contributed by atoms with Crippen molar-refractivity contribution in [2.24, 2.45) is 5.92 Å². The van der Waals surface area contributed by atoms with Crippen molar-refractivity contribution in [2.75, 3.05) is 11.9 Å². The van der Waals surface area contributed by atoms with Crippen molar-refractivity contribution >= 4 is 33.3 Å². The fraction of sp³-hybridized carbons (Fsp3) is 0.200. The van der Waals surface area contributed by atoms with Gasteiger partial charge in [0, 0.05) is 21.8 Å². The third kappa shape index (κ3) is 6.55. The molecule has 25 heavy (non-hydrogen) atoms. The van der Waals surface area contributed by atoms with Crippen molar-refractivity contribution < 1.29 is 14.3 Å². The van der Waals surface area contributed by atoms with E-state index >= 15 is 0 Å². The molecule has 0 spiro atoms. The van der Waals surface area contributed by atoms with Gasteiger partial charge in [-0.25, -0.2) is 0 Å². The van der Waals surface area contributed by atoms with Gasteiger partial charge in [0.15, 0.2) is 5.78 Å². The van der Waals surface area contributed by atoms with E-state index in [-0.39, 0.29) is 11.7 Å². The lowest BCUT2D eigenvalue weighted by atomic mass is 10.1. The van der Waals surface area contributed by atoms with Crippen LogP contribution < -0.4 is 10.1 Å². The van der Waals surface area contributed by atoms with Crippen molar-refractivity contribution in [1.29, 1.82) is 0 Å². The summed E-state index contributed by atoms with van der Waals surface area (Å²) in [5.74, 6) is 0.627. The maximum atomic E-state index is 12.0. The molecule has 0 unspecified atom stereocenters. The fourth-order valence-electron chi connectivity index (χ4n) is 1.94. The van der Waals surface area contributed by atoms with Crippen LogP contribution in [0.3, 0.4) is 0 Å². The molecular formula is C20H20BrNO3. The number of carbonyl (C=O) groups is 2. The normalized spacial score (nSPS) is 10.9. The van der Waals surface area contributed by atoms with E-state index in [0.29, 0.717) is 23.8 Å². The van der Waals surface area contributed by atoms with Crippen LogP contribution in [-0.4, -0.2) is 18.3 Å². The number of allylic oxidation sites excluding steroid dienone is 1. The number of anilines is 1. The van der Waals surface area contributed by atoms with Crippen LogP contribution in [0, 0.1) is 5.92 Å². The summed E-state index contributed by atoms with van der Waals surface area (Å²) in [4.78, 5) is 23.9. The van der Waals surface area contributed by atoms with Crippen LogP contribution >= 0.6 is 15.9 Å². The Morgan fingerprint density at radius 3 is 2.28 bits per heavy atom. The Hall–Kier alpha value is -2.40. The van der Waals surface area contributed by atoms with Crippen LogP contribution in [0.4, 0.5) is 5.69 Å². The molecule has 0 fully saturated rings. The molecule has 0 saturated heterocycles. The minimum atomic E-state index is -0.360. The fourth-order valence-corrected chi connectivity index (χ4v) is 2.21.